The topological polar surface area (TPSA) is 58.2 Å². The Balaban J connectivity index is 1.59. The molecule has 0 bridgehead atoms. The molecular weight excluding hydrogens is 308 g/mol. The summed E-state index contributed by atoms with van der Waals surface area (Å²) in [7, 11) is 0. The van der Waals surface area contributed by atoms with Crippen LogP contribution in [0.15, 0.2) is 24.3 Å². The van der Waals surface area contributed by atoms with Gasteiger partial charge in [-0.15, -0.1) is 11.8 Å². The van der Waals surface area contributed by atoms with E-state index in [2.05, 4.69) is 41.8 Å². The number of hydrogen-bond donors (Lipinski definition) is 2. The standard InChI is InChI=1S/C18H24N2O2S/c1-12-4-6-13(7-5-12)10-18(8-9-18)20-15(21)14-11-23-17(2,3)16(22)19-14/h4-7,14H,8-11H2,1-3H3,(H,19,22)(H,20,21)/t14-/m0/s1. The van der Waals surface area contributed by atoms with Gasteiger partial charge in [0.25, 0.3) is 0 Å². The van der Waals surface area contributed by atoms with Crippen LogP contribution in [0.25, 0.3) is 0 Å². The van der Waals surface area contributed by atoms with E-state index in [1.807, 2.05) is 13.8 Å². The zero-order valence-corrected chi connectivity index (χ0v) is 14.8. The van der Waals surface area contributed by atoms with Crippen LogP contribution >= 0.6 is 11.8 Å². The molecule has 0 unspecified atom stereocenters. The molecule has 1 aliphatic carbocycles. The fourth-order valence-electron chi connectivity index (χ4n) is 2.81. The van der Waals surface area contributed by atoms with Crippen LogP contribution in [0.5, 0.6) is 0 Å². The highest BCUT2D eigenvalue weighted by atomic mass is 32.2. The Labute approximate surface area is 141 Å². The highest BCUT2D eigenvalue weighted by molar-refractivity contribution is 8.01. The number of aryl methyl sites for hydroxylation is 1. The molecule has 23 heavy (non-hydrogen) atoms. The molecule has 1 saturated carbocycles. The molecular formula is C18H24N2O2S. The van der Waals surface area contributed by atoms with Crippen LogP contribution < -0.4 is 10.6 Å². The third-order valence-electron chi connectivity index (χ3n) is 4.68. The summed E-state index contributed by atoms with van der Waals surface area (Å²) in [5, 5.41) is 6.04. The lowest BCUT2D eigenvalue weighted by molar-refractivity contribution is -0.130. The Morgan fingerprint density at radius 1 is 1.30 bits per heavy atom. The van der Waals surface area contributed by atoms with Gasteiger partial charge in [-0.2, -0.15) is 0 Å². The molecule has 1 heterocycles. The molecule has 0 aromatic heterocycles. The third kappa shape index (κ3) is 3.71. The van der Waals surface area contributed by atoms with Crippen molar-refractivity contribution in [2.24, 2.45) is 0 Å². The van der Waals surface area contributed by atoms with Crippen LogP contribution in [0.1, 0.15) is 37.8 Å². The third-order valence-corrected chi connectivity index (χ3v) is 6.09. The van der Waals surface area contributed by atoms with E-state index < -0.39 is 10.8 Å². The summed E-state index contributed by atoms with van der Waals surface area (Å²) >= 11 is 1.54. The quantitative estimate of drug-likeness (QED) is 0.889. The van der Waals surface area contributed by atoms with Crippen molar-refractivity contribution < 1.29 is 9.59 Å². The van der Waals surface area contributed by atoms with Crippen LogP contribution in [-0.4, -0.2) is 33.9 Å². The van der Waals surface area contributed by atoms with Crippen LogP contribution in [0.4, 0.5) is 0 Å². The minimum Gasteiger partial charge on any atom is -0.349 e. The van der Waals surface area contributed by atoms with E-state index in [1.54, 1.807) is 11.8 Å². The molecule has 0 spiro atoms. The van der Waals surface area contributed by atoms with E-state index in [1.165, 1.54) is 11.1 Å². The molecule has 1 aliphatic heterocycles. The van der Waals surface area contributed by atoms with Gasteiger partial charge in [0.15, 0.2) is 0 Å². The second-order valence-electron chi connectivity index (χ2n) is 7.28. The molecule has 2 fully saturated rings. The summed E-state index contributed by atoms with van der Waals surface area (Å²) in [6, 6.07) is 8.04. The zero-order valence-electron chi connectivity index (χ0n) is 13.9. The van der Waals surface area contributed by atoms with Crippen molar-refractivity contribution in [1.29, 1.82) is 0 Å². The average molecular weight is 332 g/mol. The van der Waals surface area contributed by atoms with Gasteiger partial charge in [0, 0.05) is 11.3 Å². The van der Waals surface area contributed by atoms with Gasteiger partial charge in [-0.1, -0.05) is 29.8 Å². The Morgan fingerprint density at radius 3 is 2.52 bits per heavy atom. The number of carbonyl (C=O) groups is 2. The summed E-state index contributed by atoms with van der Waals surface area (Å²) in [6.07, 6.45) is 2.87. The van der Waals surface area contributed by atoms with Crippen molar-refractivity contribution in [3.8, 4) is 0 Å². The molecule has 124 valence electrons. The normalized spacial score (nSPS) is 24.7. The Kier molecular flexibility index (Phi) is 4.17. The lowest BCUT2D eigenvalue weighted by atomic mass is 10.0. The summed E-state index contributed by atoms with van der Waals surface area (Å²) in [4.78, 5) is 24.5. The van der Waals surface area contributed by atoms with E-state index in [4.69, 9.17) is 0 Å². The Bertz CT molecular complexity index is 620. The minimum atomic E-state index is -0.448. The molecule has 3 rings (SSSR count). The smallest absolute Gasteiger partial charge is 0.243 e. The van der Waals surface area contributed by atoms with E-state index in [-0.39, 0.29) is 17.4 Å². The SMILES string of the molecule is Cc1ccc(CC2(NC(=O)[C@@H]3CSC(C)(C)C(=O)N3)CC2)cc1. The van der Waals surface area contributed by atoms with Gasteiger partial charge in [-0.05, 0) is 45.6 Å². The average Bonchev–Trinajstić information content (AvgIpc) is 3.23. The van der Waals surface area contributed by atoms with E-state index in [0.29, 0.717) is 5.75 Å². The fourth-order valence-corrected chi connectivity index (χ4v) is 3.82. The summed E-state index contributed by atoms with van der Waals surface area (Å²) < 4.78 is -0.448. The predicted octanol–water partition coefficient (Wildman–Crippen LogP) is 2.20. The largest absolute Gasteiger partial charge is 0.349 e. The van der Waals surface area contributed by atoms with Gasteiger partial charge in [0.1, 0.15) is 6.04 Å². The van der Waals surface area contributed by atoms with Crippen LogP contribution in [-0.2, 0) is 16.0 Å². The van der Waals surface area contributed by atoms with Gasteiger partial charge in [-0.3, -0.25) is 9.59 Å². The molecule has 1 aromatic carbocycles. The number of benzene rings is 1. The first kappa shape index (κ1) is 16.4. The molecule has 1 saturated heterocycles. The number of thioether (sulfide) groups is 1. The highest BCUT2D eigenvalue weighted by Gasteiger charge is 2.46. The fraction of sp³-hybridized carbons (Fsp3) is 0.556. The molecule has 2 amide bonds. The van der Waals surface area contributed by atoms with Crippen molar-refractivity contribution in [3.63, 3.8) is 0 Å². The summed E-state index contributed by atoms with van der Waals surface area (Å²) in [5.74, 6) is 0.522. The Hall–Kier alpha value is -1.49. The van der Waals surface area contributed by atoms with Gasteiger partial charge in [0.2, 0.25) is 11.8 Å². The lowest BCUT2D eigenvalue weighted by Gasteiger charge is -2.33. The second kappa shape index (κ2) is 5.86. The molecule has 1 aromatic rings. The Morgan fingerprint density at radius 2 is 1.96 bits per heavy atom. The zero-order chi connectivity index (χ0) is 16.7. The van der Waals surface area contributed by atoms with Crippen LogP contribution in [0.2, 0.25) is 0 Å². The first-order valence-electron chi connectivity index (χ1n) is 8.12. The van der Waals surface area contributed by atoms with E-state index in [9.17, 15) is 9.59 Å². The molecule has 2 aliphatic rings. The van der Waals surface area contributed by atoms with E-state index >= 15 is 0 Å². The first-order valence-corrected chi connectivity index (χ1v) is 9.11. The molecule has 4 nitrogen and oxygen atoms in total. The van der Waals surface area contributed by atoms with E-state index in [0.717, 1.165) is 19.3 Å². The second-order valence-corrected chi connectivity index (χ2v) is 8.92. The molecule has 1 atom stereocenters. The van der Waals surface area contributed by atoms with Gasteiger partial charge >= 0.3 is 0 Å². The first-order chi connectivity index (χ1) is 10.8. The number of carbonyl (C=O) groups excluding carboxylic acids is 2. The number of hydrogen-bond acceptors (Lipinski definition) is 3. The van der Waals surface area contributed by atoms with Crippen molar-refractivity contribution >= 4 is 23.6 Å². The number of rotatable bonds is 4. The van der Waals surface area contributed by atoms with Crippen molar-refractivity contribution in [3.05, 3.63) is 35.4 Å². The van der Waals surface area contributed by atoms with Crippen molar-refractivity contribution in [2.45, 2.75) is 56.4 Å². The minimum absolute atomic E-state index is 0.0500. The van der Waals surface area contributed by atoms with Gasteiger partial charge in [-0.25, -0.2) is 0 Å². The maximum Gasteiger partial charge on any atom is 0.243 e. The number of amides is 2. The van der Waals surface area contributed by atoms with Gasteiger partial charge < -0.3 is 10.6 Å². The van der Waals surface area contributed by atoms with Crippen molar-refractivity contribution in [2.75, 3.05) is 5.75 Å². The summed E-state index contributed by atoms with van der Waals surface area (Å²) in [5.41, 5.74) is 2.37. The maximum atomic E-state index is 12.5. The highest BCUT2D eigenvalue weighted by Crippen LogP contribution is 2.39. The summed E-state index contributed by atoms with van der Waals surface area (Å²) in [6.45, 7) is 5.85. The lowest BCUT2D eigenvalue weighted by Crippen LogP contribution is -2.58. The van der Waals surface area contributed by atoms with Crippen LogP contribution in [0.3, 0.4) is 0 Å². The monoisotopic (exact) mass is 332 g/mol. The molecule has 0 radical (unpaired) electrons. The molecule has 5 heteroatoms. The maximum absolute atomic E-state index is 12.5. The van der Waals surface area contributed by atoms with Crippen molar-refractivity contribution in [1.82, 2.24) is 10.6 Å². The predicted molar refractivity (Wildman–Crippen MR) is 93.5 cm³/mol. The van der Waals surface area contributed by atoms with Crippen LogP contribution in [0, 0.1) is 6.92 Å². The molecule has 2 N–H and O–H groups in total. The van der Waals surface area contributed by atoms with Gasteiger partial charge in [0.05, 0.1) is 4.75 Å². The number of nitrogens with one attached hydrogen (secondary N) is 2.